The molecule has 0 saturated heterocycles. The number of amides is 1. The van der Waals surface area contributed by atoms with Crippen LogP contribution in [0.25, 0.3) is 10.9 Å². The minimum absolute atomic E-state index is 0.0976. The van der Waals surface area contributed by atoms with E-state index < -0.39 is 6.04 Å². The molecule has 8 nitrogen and oxygen atoms in total. The molecule has 8 heteroatoms. The van der Waals surface area contributed by atoms with Crippen molar-refractivity contribution in [2.45, 2.75) is 32.9 Å². The Morgan fingerprint density at radius 2 is 2.10 bits per heavy atom. The summed E-state index contributed by atoms with van der Waals surface area (Å²) in [6.45, 7) is 3.74. The van der Waals surface area contributed by atoms with Crippen LogP contribution in [0.4, 0.5) is 0 Å². The Kier molecular flexibility index (Phi) is 4.99. The fourth-order valence-electron chi connectivity index (χ4n) is 3.47. The summed E-state index contributed by atoms with van der Waals surface area (Å²) in [6, 6.07) is 8.97. The quantitative estimate of drug-likeness (QED) is 0.469. The molecule has 148 valence electrons. The van der Waals surface area contributed by atoms with Crippen LogP contribution in [0.5, 0.6) is 0 Å². The van der Waals surface area contributed by atoms with Crippen molar-refractivity contribution in [3.8, 4) is 0 Å². The van der Waals surface area contributed by atoms with Gasteiger partial charge in [-0.25, -0.2) is 4.98 Å². The lowest BCUT2D eigenvalue weighted by molar-refractivity contribution is -0.122. The maximum atomic E-state index is 12.7. The highest BCUT2D eigenvalue weighted by Gasteiger charge is 2.20. The number of aromatic amines is 2. The molecule has 1 amide bonds. The second-order valence-electron chi connectivity index (χ2n) is 7.15. The standard InChI is InChI=1S/C21H22N6O2/c1-13-9-23-27(11-13)12-21(29)26-18(19-8-20(28)25-14(2)24-19)7-15-10-22-17-6-4-3-5-16(15)17/h3-6,8-11,18,22H,7,12H2,1-2H3,(H,26,29)(H,24,25,28)/t18-/m1/s1. The Hall–Kier alpha value is -3.68. The third-order valence-electron chi connectivity index (χ3n) is 4.74. The third kappa shape index (κ3) is 4.26. The van der Waals surface area contributed by atoms with Gasteiger partial charge in [0.05, 0.1) is 17.9 Å². The van der Waals surface area contributed by atoms with Gasteiger partial charge in [-0.15, -0.1) is 0 Å². The number of rotatable bonds is 6. The zero-order chi connectivity index (χ0) is 20.4. The molecule has 0 aliphatic rings. The van der Waals surface area contributed by atoms with Crippen molar-refractivity contribution >= 4 is 16.8 Å². The summed E-state index contributed by atoms with van der Waals surface area (Å²) < 4.78 is 1.59. The monoisotopic (exact) mass is 390 g/mol. The van der Waals surface area contributed by atoms with Gasteiger partial charge >= 0.3 is 0 Å². The van der Waals surface area contributed by atoms with E-state index in [-0.39, 0.29) is 18.0 Å². The van der Waals surface area contributed by atoms with Crippen molar-refractivity contribution in [1.82, 2.24) is 30.0 Å². The predicted molar refractivity (Wildman–Crippen MR) is 109 cm³/mol. The topological polar surface area (TPSA) is 108 Å². The smallest absolute Gasteiger partial charge is 0.251 e. The first-order valence-electron chi connectivity index (χ1n) is 9.39. The number of aromatic nitrogens is 5. The number of nitrogens with zero attached hydrogens (tertiary/aromatic N) is 3. The summed E-state index contributed by atoms with van der Waals surface area (Å²) in [4.78, 5) is 35.0. The number of nitrogens with one attached hydrogen (secondary N) is 3. The highest BCUT2D eigenvalue weighted by molar-refractivity contribution is 5.83. The number of para-hydroxylation sites is 1. The van der Waals surface area contributed by atoms with E-state index >= 15 is 0 Å². The molecular weight excluding hydrogens is 368 g/mol. The molecular formula is C21H22N6O2. The zero-order valence-electron chi connectivity index (χ0n) is 16.3. The molecule has 3 aromatic heterocycles. The van der Waals surface area contributed by atoms with Gasteiger partial charge in [-0.3, -0.25) is 14.3 Å². The van der Waals surface area contributed by atoms with Gasteiger partial charge in [0.25, 0.3) is 5.56 Å². The summed E-state index contributed by atoms with van der Waals surface area (Å²) in [7, 11) is 0. The first-order valence-corrected chi connectivity index (χ1v) is 9.39. The third-order valence-corrected chi connectivity index (χ3v) is 4.74. The van der Waals surface area contributed by atoms with Crippen LogP contribution in [0.3, 0.4) is 0 Å². The van der Waals surface area contributed by atoms with E-state index in [0.717, 1.165) is 22.0 Å². The average molecular weight is 390 g/mol. The largest absolute Gasteiger partial charge is 0.361 e. The molecule has 4 aromatic rings. The van der Waals surface area contributed by atoms with Crippen molar-refractivity contribution in [1.29, 1.82) is 0 Å². The average Bonchev–Trinajstić information content (AvgIpc) is 3.26. The number of hydrogen-bond donors (Lipinski definition) is 3. The van der Waals surface area contributed by atoms with Crippen LogP contribution in [-0.2, 0) is 17.8 Å². The first-order chi connectivity index (χ1) is 14.0. The van der Waals surface area contributed by atoms with Crippen molar-refractivity contribution in [3.63, 3.8) is 0 Å². The number of hydrogen-bond acceptors (Lipinski definition) is 4. The van der Waals surface area contributed by atoms with Crippen molar-refractivity contribution in [2.24, 2.45) is 0 Å². The SMILES string of the molecule is Cc1cnn(CC(=O)N[C@H](Cc2c[nH]c3ccccc23)c2cc(=O)[nH]c(C)n2)c1. The first kappa shape index (κ1) is 18.7. The zero-order valence-corrected chi connectivity index (χ0v) is 16.3. The van der Waals surface area contributed by atoms with Crippen LogP contribution in [0.15, 0.2) is 53.7 Å². The number of benzene rings is 1. The van der Waals surface area contributed by atoms with Crippen LogP contribution >= 0.6 is 0 Å². The highest BCUT2D eigenvalue weighted by Crippen LogP contribution is 2.23. The lowest BCUT2D eigenvalue weighted by atomic mass is 10.0. The molecule has 0 spiro atoms. The molecule has 1 aromatic carbocycles. The van der Waals surface area contributed by atoms with Gasteiger partial charge in [-0.2, -0.15) is 5.10 Å². The van der Waals surface area contributed by atoms with Crippen LogP contribution in [0, 0.1) is 13.8 Å². The van der Waals surface area contributed by atoms with Crippen molar-refractivity contribution in [2.75, 3.05) is 0 Å². The Balaban J connectivity index is 1.63. The Labute approximate surface area is 167 Å². The summed E-state index contributed by atoms with van der Waals surface area (Å²) in [5.41, 5.74) is 3.34. The lowest BCUT2D eigenvalue weighted by Gasteiger charge is -2.18. The van der Waals surface area contributed by atoms with Gasteiger partial charge in [-0.05, 0) is 31.0 Å². The highest BCUT2D eigenvalue weighted by atomic mass is 16.2. The molecule has 0 unspecified atom stereocenters. The molecule has 3 heterocycles. The second kappa shape index (κ2) is 7.75. The van der Waals surface area contributed by atoms with Crippen LogP contribution < -0.4 is 10.9 Å². The predicted octanol–water partition coefficient (Wildman–Crippen LogP) is 2.16. The van der Waals surface area contributed by atoms with Crippen molar-refractivity contribution < 1.29 is 4.79 Å². The van der Waals surface area contributed by atoms with E-state index in [1.807, 2.05) is 43.6 Å². The molecule has 29 heavy (non-hydrogen) atoms. The molecule has 3 N–H and O–H groups in total. The minimum Gasteiger partial charge on any atom is -0.361 e. The van der Waals surface area contributed by atoms with E-state index in [2.05, 4.69) is 25.4 Å². The minimum atomic E-state index is -0.445. The fraction of sp³-hybridized carbons (Fsp3) is 0.238. The number of carbonyl (C=O) groups excluding carboxylic acids is 1. The molecule has 4 rings (SSSR count). The van der Waals surface area contributed by atoms with Crippen LogP contribution in [0.1, 0.15) is 28.7 Å². The molecule has 0 fully saturated rings. The molecule has 0 saturated carbocycles. The maximum absolute atomic E-state index is 12.7. The summed E-state index contributed by atoms with van der Waals surface area (Å²) in [5.74, 6) is 0.311. The Bertz CT molecular complexity index is 1220. The molecule has 0 aliphatic carbocycles. The van der Waals surface area contributed by atoms with Crippen LogP contribution in [0.2, 0.25) is 0 Å². The number of H-pyrrole nitrogens is 2. The molecule has 0 radical (unpaired) electrons. The second-order valence-corrected chi connectivity index (χ2v) is 7.15. The normalized spacial score (nSPS) is 12.2. The number of fused-ring (bicyclic) bond motifs is 1. The van der Waals surface area contributed by atoms with E-state index in [9.17, 15) is 9.59 Å². The number of carbonyl (C=O) groups is 1. The molecule has 0 bridgehead atoms. The van der Waals surface area contributed by atoms with E-state index in [1.165, 1.54) is 6.07 Å². The summed E-state index contributed by atoms with van der Waals surface area (Å²) >= 11 is 0. The maximum Gasteiger partial charge on any atom is 0.251 e. The Morgan fingerprint density at radius 3 is 2.86 bits per heavy atom. The van der Waals surface area contributed by atoms with Gasteiger partial charge in [0, 0.05) is 35.8 Å². The fourth-order valence-corrected chi connectivity index (χ4v) is 3.47. The number of aryl methyl sites for hydroxylation is 2. The molecule has 0 aliphatic heterocycles. The van der Waals surface area contributed by atoms with Crippen molar-refractivity contribution in [3.05, 3.63) is 81.9 Å². The van der Waals surface area contributed by atoms with E-state index in [4.69, 9.17) is 0 Å². The van der Waals surface area contributed by atoms with E-state index in [1.54, 1.807) is 17.8 Å². The van der Waals surface area contributed by atoms with Gasteiger partial charge in [0.15, 0.2) is 0 Å². The van der Waals surface area contributed by atoms with Gasteiger partial charge in [0.2, 0.25) is 5.91 Å². The lowest BCUT2D eigenvalue weighted by Crippen LogP contribution is -2.34. The summed E-state index contributed by atoms with van der Waals surface area (Å²) in [6.07, 6.45) is 5.95. The van der Waals surface area contributed by atoms with Gasteiger partial charge < -0.3 is 15.3 Å². The van der Waals surface area contributed by atoms with E-state index in [0.29, 0.717) is 17.9 Å². The van der Waals surface area contributed by atoms with Crippen LogP contribution in [-0.4, -0.2) is 30.6 Å². The van der Waals surface area contributed by atoms with Gasteiger partial charge in [0.1, 0.15) is 12.4 Å². The molecule has 1 atom stereocenters. The Morgan fingerprint density at radius 1 is 1.28 bits per heavy atom. The van der Waals surface area contributed by atoms with Gasteiger partial charge in [-0.1, -0.05) is 18.2 Å². The summed E-state index contributed by atoms with van der Waals surface area (Å²) in [5, 5.41) is 8.26.